The van der Waals surface area contributed by atoms with Crippen LogP contribution in [-0.2, 0) is 0 Å². The Balaban J connectivity index is 2.15. The van der Waals surface area contributed by atoms with Crippen molar-refractivity contribution in [1.82, 2.24) is 10.2 Å². The van der Waals surface area contributed by atoms with Crippen molar-refractivity contribution in [2.75, 3.05) is 26.7 Å². The topological polar surface area (TPSA) is 15.3 Å². The van der Waals surface area contributed by atoms with E-state index in [9.17, 15) is 0 Å². The quantitative estimate of drug-likeness (QED) is 0.718. The molecule has 0 aromatic heterocycles. The van der Waals surface area contributed by atoms with Gasteiger partial charge >= 0.3 is 0 Å². The first-order valence-electron chi connectivity index (χ1n) is 7.34. The van der Waals surface area contributed by atoms with Crippen LogP contribution in [0.5, 0.6) is 0 Å². The van der Waals surface area contributed by atoms with Crippen LogP contribution in [0.1, 0.15) is 53.4 Å². The molecular formula is C15H32N2. The van der Waals surface area contributed by atoms with Crippen molar-refractivity contribution >= 4 is 0 Å². The molecule has 1 fully saturated rings. The first-order valence-corrected chi connectivity index (χ1v) is 7.34. The number of piperidine rings is 1. The highest BCUT2D eigenvalue weighted by Gasteiger charge is 2.22. The predicted octanol–water partition coefficient (Wildman–Crippen LogP) is 3.13. The molecule has 1 rings (SSSR count). The molecule has 1 aliphatic heterocycles. The maximum absolute atomic E-state index is 3.65. The molecule has 2 nitrogen and oxygen atoms in total. The molecule has 0 bridgehead atoms. The van der Waals surface area contributed by atoms with Crippen molar-refractivity contribution in [3.05, 3.63) is 0 Å². The van der Waals surface area contributed by atoms with Gasteiger partial charge in [0.1, 0.15) is 0 Å². The van der Waals surface area contributed by atoms with Crippen LogP contribution in [0.15, 0.2) is 0 Å². The fourth-order valence-electron chi connectivity index (χ4n) is 2.39. The second-order valence-electron chi connectivity index (χ2n) is 6.74. The zero-order valence-electron chi connectivity index (χ0n) is 12.6. The summed E-state index contributed by atoms with van der Waals surface area (Å²) in [6, 6.07) is 0.818. The van der Waals surface area contributed by atoms with E-state index < -0.39 is 0 Å². The summed E-state index contributed by atoms with van der Waals surface area (Å²) in [4.78, 5) is 2.54. The second-order valence-corrected chi connectivity index (χ2v) is 6.74. The van der Waals surface area contributed by atoms with E-state index in [1.807, 2.05) is 0 Å². The van der Waals surface area contributed by atoms with Crippen LogP contribution in [0.2, 0.25) is 0 Å². The van der Waals surface area contributed by atoms with E-state index >= 15 is 0 Å². The van der Waals surface area contributed by atoms with Crippen molar-refractivity contribution < 1.29 is 0 Å². The van der Waals surface area contributed by atoms with Crippen LogP contribution >= 0.6 is 0 Å². The smallest absolute Gasteiger partial charge is 0.0104 e. The number of nitrogens with zero attached hydrogens (tertiary/aromatic N) is 1. The summed E-state index contributed by atoms with van der Waals surface area (Å²) in [6.07, 6.45) is 5.52. The van der Waals surface area contributed by atoms with Crippen molar-refractivity contribution in [3.63, 3.8) is 0 Å². The van der Waals surface area contributed by atoms with Crippen LogP contribution in [0.25, 0.3) is 0 Å². The summed E-state index contributed by atoms with van der Waals surface area (Å²) >= 11 is 0. The molecule has 2 heteroatoms. The van der Waals surface area contributed by atoms with E-state index in [1.165, 1.54) is 38.8 Å². The minimum absolute atomic E-state index is 0.415. The number of hydrogen-bond donors (Lipinski definition) is 1. The predicted molar refractivity (Wildman–Crippen MR) is 76.4 cm³/mol. The molecule has 1 heterocycles. The third-order valence-electron chi connectivity index (χ3n) is 4.72. The normalized spacial score (nSPS) is 23.3. The number of nitrogens with one attached hydrogen (secondary N) is 1. The van der Waals surface area contributed by atoms with Gasteiger partial charge in [0, 0.05) is 12.6 Å². The molecule has 1 N–H and O–H groups in total. The highest BCUT2D eigenvalue weighted by atomic mass is 15.1. The van der Waals surface area contributed by atoms with Gasteiger partial charge in [-0.3, -0.25) is 0 Å². The standard InChI is InChI=1S/C15H32N2/c1-13(2)15(3,4)12-16-10-9-14-8-6-7-11-17(14)5/h13-14,16H,6-12H2,1-5H3. The van der Waals surface area contributed by atoms with E-state index in [1.54, 1.807) is 0 Å². The van der Waals surface area contributed by atoms with Crippen LogP contribution in [0.3, 0.4) is 0 Å². The second kappa shape index (κ2) is 6.75. The van der Waals surface area contributed by atoms with E-state index in [-0.39, 0.29) is 0 Å². The lowest BCUT2D eigenvalue weighted by molar-refractivity contribution is 0.171. The maximum Gasteiger partial charge on any atom is 0.0104 e. The van der Waals surface area contributed by atoms with Gasteiger partial charge in [-0.15, -0.1) is 0 Å². The Hall–Kier alpha value is -0.0800. The minimum Gasteiger partial charge on any atom is -0.316 e. The number of likely N-dealkylation sites (tertiary alicyclic amines) is 1. The summed E-state index contributed by atoms with van der Waals surface area (Å²) in [6.45, 7) is 13.0. The Labute approximate surface area is 108 Å². The molecule has 1 aliphatic rings. The lowest BCUT2D eigenvalue weighted by Crippen LogP contribution is -2.40. The van der Waals surface area contributed by atoms with Crippen molar-refractivity contribution in [3.8, 4) is 0 Å². The zero-order valence-corrected chi connectivity index (χ0v) is 12.6. The van der Waals surface area contributed by atoms with Crippen molar-refractivity contribution in [2.45, 2.75) is 59.4 Å². The van der Waals surface area contributed by atoms with Crippen LogP contribution in [-0.4, -0.2) is 37.6 Å². The lowest BCUT2D eigenvalue weighted by Gasteiger charge is -2.33. The van der Waals surface area contributed by atoms with Crippen molar-refractivity contribution in [2.24, 2.45) is 11.3 Å². The zero-order chi connectivity index (χ0) is 12.9. The van der Waals surface area contributed by atoms with E-state index in [2.05, 4.69) is 45.0 Å². The largest absolute Gasteiger partial charge is 0.316 e. The number of rotatable bonds is 6. The highest BCUT2D eigenvalue weighted by Crippen LogP contribution is 2.24. The molecule has 1 atom stereocenters. The van der Waals surface area contributed by atoms with E-state index in [0.29, 0.717) is 5.41 Å². The highest BCUT2D eigenvalue weighted by molar-refractivity contribution is 4.77. The molecule has 0 saturated carbocycles. The summed E-state index contributed by atoms with van der Waals surface area (Å²) in [5.74, 6) is 0.743. The van der Waals surface area contributed by atoms with Gasteiger partial charge in [0.2, 0.25) is 0 Å². The average Bonchev–Trinajstić information content (AvgIpc) is 2.26. The van der Waals surface area contributed by atoms with Crippen LogP contribution in [0, 0.1) is 11.3 Å². The first kappa shape index (κ1) is 15.0. The van der Waals surface area contributed by atoms with Crippen LogP contribution < -0.4 is 5.32 Å². The maximum atomic E-state index is 3.65. The van der Waals surface area contributed by atoms with Crippen molar-refractivity contribution in [1.29, 1.82) is 0 Å². The van der Waals surface area contributed by atoms with E-state index in [4.69, 9.17) is 0 Å². The lowest BCUT2D eigenvalue weighted by atomic mass is 9.81. The summed E-state index contributed by atoms with van der Waals surface area (Å²) in [5.41, 5.74) is 0.415. The molecule has 0 aliphatic carbocycles. The molecule has 1 unspecified atom stereocenters. The summed E-state index contributed by atoms with van der Waals surface area (Å²) < 4.78 is 0. The molecule has 1 saturated heterocycles. The molecule has 0 radical (unpaired) electrons. The average molecular weight is 240 g/mol. The number of hydrogen-bond acceptors (Lipinski definition) is 2. The Bertz CT molecular complexity index is 211. The summed E-state index contributed by atoms with van der Waals surface area (Å²) in [5, 5.41) is 3.65. The molecule has 0 aromatic rings. The van der Waals surface area contributed by atoms with Gasteiger partial charge in [0.25, 0.3) is 0 Å². The molecule has 102 valence electrons. The SMILES string of the molecule is CC(C)C(C)(C)CNCCC1CCCCN1C. The molecule has 0 amide bonds. The monoisotopic (exact) mass is 240 g/mol. The van der Waals surface area contributed by atoms with E-state index in [0.717, 1.165) is 18.5 Å². The Morgan fingerprint density at radius 3 is 2.59 bits per heavy atom. The Kier molecular flexibility index (Phi) is 5.94. The molecular weight excluding hydrogens is 208 g/mol. The van der Waals surface area contributed by atoms with Gasteiger partial charge in [-0.05, 0) is 50.7 Å². The minimum atomic E-state index is 0.415. The van der Waals surface area contributed by atoms with Gasteiger partial charge in [-0.2, -0.15) is 0 Å². The Morgan fingerprint density at radius 2 is 2.00 bits per heavy atom. The summed E-state index contributed by atoms with van der Waals surface area (Å²) in [7, 11) is 2.28. The molecule has 0 spiro atoms. The first-order chi connectivity index (χ1) is 7.93. The van der Waals surface area contributed by atoms with Gasteiger partial charge in [0.15, 0.2) is 0 Å². The third-order valence-corrected chi connectivity index (χ3v) is 4.72. The third kappa shape index (κ3) is 4.97. The van der Waals surface area contributed by atoms with Gasteiger partial charge < -0.3 is 10.2 Å². The van der Waals surface area contributed by atoms with Gasteiger partial charge in [-0.25, -0.2) is 0 Å². The fourth-order valence-corrected chi connectivity index (χ4v) is 2.39. The fraction of sp³-hybridized carbons (Fsp3) is 1.00. The van der Waals surface area contributed by atoms with Gasteiger partial charge in [0.05, 0.1) is 0 Å². The molecule has 17 heavy (non-hydrogen) atoms. The van der Waals surface area contributed by atoms with Gasteiger partial charge in [-0.1, -0.05) is 34.1 Å². The molecule has 0 aromatic carbocycles. The van der Waals surface area contributed by atoms with Crippen LogP contribution in [0.4, 0.5) is 0 Å². The Morgan fingerprint density at radius 1 is 1.29 bits per heavy atom.